The molecule has 1 aliphatic carbocycles. The molecule has 0 spiro atoms. The highest BCUT2D eigenvalue weighted by Gasteiger charge is 2.17. The lowest BCUT2D eigenvalue weighted by Crippen LogP contribution is -2.17. The maximum atomic E-state index is 4.69. The zero-order valence-electron chi connectivity index (χ0n) is 14.3. The van der Waals surface area contributed by atoms with Gasteiger partial charge in [-0.15, -0.1) is 0 Å². The molecular weight excluding hydrogens is 390 g/mol. The molecule has 0 atom stereocenters. The van der Waals surface area contributed by atoms with E-state index in [1.807, 2.05) is 48.5 Å². The molecule has 1 aromatic carbocycles. The van der Waals surface area contributed by atoms with Gasteiger partial charge >= 0.3 is 0 Å². The van der Waals surface area contributed by atoms with Gasteiger partial charge in [0.15, 0.2) is 0 Å². The van der Waals surface area contributed by atoms with E-state index in [9.17, 15) is 0 Å². The van der Waals surface area contributed by atoms with Gasteiger partial charge in [-0.25, -0.2) is 4.98 Å². The Morgan fingerprint density at radius 2 is 1.73 bits per heavy atom. The third-order valence-corrected chi connectivity index (χ3v) is 5.17. The molecule has 2 N–H and O–H groups in total. The average molecular weight is 410 g/mol. The van der Waals surface area contributed by atoms with E-state index in [1.54, 1.807) is 6.20 Å². The predicted octanol–water partition coefficient (Wildman–Crippen LogP) is 5.40. The first-order chi connectivity index (χ1) is 12.8. The maximum absolute atomic E-state index is 4.69. The number of pyridine rings is 1. The molecule has 0 saturated heterocycles. The number of aromatic nitrogens is 3. The summed E-state index contributed by atoms with van der Waals surface area (Å²) in [6.07, 6.45) is 6.65. The quantitative estimate of drug-likeness (QED) is 0.590. The van der Waals surface area contributed by atoms with E-state index < -0.39 is 0 Å². The van der Waals surface area contributed by atoms with E-state index in [0.717, 1.165) is 27.4 Å². The smallest absolute Gasteiger partial charge is 0.225 e. The standard InChI is InChI=1S/C20H20BrN5/c21-15-9-3-4-10-16(15)24-19-13-18(17-11-5-6-12-22-17)25-20(26-19)23-14-7-1-2-8-14/h3-6,9-14H,1-2,7-8H2,(H2,23,24,25,26). The van der Waals surface area contributed by atoms with Crippen LogP contribution in [0.2, 0.25) is 0 Å². The molecule has 0 amide bonds. The Morgan fingerprint density at radius 3 is 2.50 bits per heavy atom. The second kappa shape index (κ2) is 7.83. The minimum atomic E-state index is 0.449. The number of hydrogen-bond donors (Lipinski definition) is 2. The van der Waals surface area contributed by atoms with Gasteiger partial charge in [0.05, 0.1) is 17.1 Å². The fraction of sp³-hybridized carbons (Fsp3) is 0.250. The number of nitrogens with one attached hydrogen (secondary N) is 2. The second-order valence-electron chi connectivity index (χ2n) is 6.41. The summed E-state index contributed by atoms with van der Waals surface area (Å²) in [7, 11) is 0. The fourth-order valence-corrected chi connectivity index (χ4v) is 3.56. The van der Waals surface area contributed by atoms with Crippen LogP contribution in [0.5, 0.6) is 0 Å². The normalized spacial score (nSPS) is 14.3. The molecule has 6 heteroatoms. The van der Waals surface area contributed by atoms with Crippen molar-refractivity contribution >= 4 is 33.4 Å². The Balaban J connectivity index is 1.68. The first kappa shape index (κ1) is 17.0. The molecule has 2 heterocycles. The number of nitrogens with zero attached hydrogens (tertiary/aromatic N) is 3. The van der Waals surface area contributed by atoms with Crippen molar-refractivity contribution in [3.8, 4) is 11.4 Å². The summed E-state index contributed by atoms with van der Waals surface area (Å²) in [6.45, 7) is 0. The van der Waals surface area contributed by atoms with Crippen LogP contribution in [0.3, 0.4) is 0 Å². The SMILES string of the molecule is Brc1ccccc1Nc1cc(-c2ccccn2)nc(NC2CCCC2)n1. The summed E-state index contributed by atoms with van der Waals surface area (Å²) >= 11 is 3.57. The third-order valence-electron chi connectivity index (χ3n) is 4.48. The van der Waals surface area contributed by atoms with Gasteiger partial charge < -0.3 is 10.6 Å². The first-order valence-corrected chi connectivity index (χ1v) is 9.66. The van der Waals surface area contributed by atoms with Crippen LogP contribution in [-0.2, 0) is 0 Å². The molecule has 0 bridgehead atoms. The zero-order valence-corrected chi connectivity index (χ0v) is 15.9. The van der Waals surface area contributed by atoms with Crippen LogP contribution in [0.1, 0.15) is 25.7 Å². The van der Waals surface area contributed by atoms with Gasteiger partial charge in [0, 0.05) is 22.8 Å². The first-order valence-electron chi connectivity index (χ1n) is 8.86. The highest BCUT2D eigenvalue weighted by Crippen LogP contribution is 2.28. The summed E-state index contributed by atoms with van der Waals surface area (Å²) in [6, 6.07) is 16.2. The fourth-order valence-electron chi connectivity index (χ4n) is 3.17. The Morgan fingerprint density at radius 1 is 0.923 bits per heavy atom. The van der Waals surface area contributed by atoms with Crippen LogP contribution < -0.4 is 10.6 Å². The van der Waals surface area contributed by atoms with Crippen LogP contribution in [0.25, 0.3) is 11.4 Å². The highest BCUT2D eigenvalue weighted by atomic mass is 79.9. The Labute approximate surface area is 161 Å². The van der Waals surface area contributed by atoms with E-state index in [0.29, 0.717) is 12.0 Å². The molecule has 3 aromatic rings. The van der Waals surface area contributed by atoms with E-state index >= 15 is 0 Å². The minimum Gasteiger partial charge on any atom is -0.351 e. The van der Waals surface area contributed by atoms with Crippen molar-refractivity contribution < 1.29 is 0 Å². The lowest BCUT2D eigenvalue weighted by atomic mass is 10.2. The van der Waals surface area contributed by atoms with Gasteiger partial charge in [0.1, 0.15) is 5.82 Å². The summed E-state index contributed by atoms with van der Waals surface area (Å²) in [5.74, 6) is 1.39. The van der Waals surface area contributed by atoms with Crippen molar-refractivity contribution in [3.63, 3.8) is 0 Å². The molecule has 0 radical (unpaired) electrons. The molecule has 0 aliphatic heterocycles. The average Bonchev–Trinajstić information content (AvgIpc) is 3.17. The molecule has 4 rings (SSSR count). The molecule has 0 unspecified atom stereocenters. The summed E-state index contributed by atoms with van der Waals surface area (Å²) in [4.78, 5) is 13.8. The van der Waals surface area contributed by atoms with Crippen LogP contribution in [0.15, 0.2) is 59.2 Å². The largest absolute Gasteiger partial charge is 0.351 e. The van der Waals surface area contributed by atoms with Gasteiger partial charge in [-0.2, -0.15) is 4.98 Å². The third kappa shape index (κ3) is 4.02. The van der Waals surface area contributed by atoms with Gasteiger partial charge in [0.2, 0.25) is 5.95 Å². The van der Waals surface area contributed by atoms with Crippen molar-refractivity contribution in [2.24, 2.45) is 0 Å². The molecule has 1 saturated carbocycles. The highest BCUT2D eigenvalue weighted by molar-refractivity contribution is 9.10. The molecule has 2 aromatic heterocycles. The van der Waals surface area contributed by atoms with Crippen LogP contribution in [-0.4, -0.2) is 21.0 Å². The van der Waals surface area contributed by atoms with Crippen molar-refractivity contribution in [2.75, 3.05) is 10.6 Å². The van der Waals surface area contributed by atoms with Gasteiger partial charge in [-0.05, 0) is 53.0 Å². The Bertz CT molecular complexity index is 878. The molecule has 132 valence electrons. The number of halogens is 1. The van der Waals surface area contributed by atoms with Crippen molar-refractivity contribution in [1.29, 1.82) is 0 Å². The van der Waals surface area contributed by atoms with Crippen LogP contribution in [0.4, 0.5) is 17.5 Å². The predicted molar refractivity (Wildman–Crippen MR) is 109 cm³/mol. The Kier molecular flexibility index (Phi) is 5.11. The second-order valence-corrected chi connectivity index (χ2v) is 7.26. The molecule has 5 nitrogen and oxygen atoms in total. The van der Waals surface area contributed by atoms with Crippen molar-refractivity contribution in [2.45, 2.75) is 31.7 Å². The molecule has 26 heavy (non-hydrogen) atoms. The van der Waals surface area contributed by atoms with Crippen LogP contribution in [0, 0.1) is 0 Å². The zero-order chi connectivity index (χ0) is 17.8. The monoisotopic (exact) mass is 409 g/mol. The van der Waals surface area contributed by atoms with Crippen molar-refractivity contribution in [3.05, 3.63) is 59.2 Å². The number of hydrogen-bond acceptors (Lipinski definition) is 5. The van der Waals surface area contributed by atoms with Gasteiger partial charge in [-0.1, -0.05) is 31.0 Å². The number of anilines is 3. The Hall–Kier alpha value is -2.47. The molecule has 1 fully saturated rings. The van der Waals surface area contributed by atoms with E-state index in [4.69, 9.17) is 4.98 Å². The van der Waals surface area contributed by atoms with Crippen molar-refractivity contribution in [1.82, 2.24) is 15.0 Å². The van der Waals surface area contributed by atoms with Crippen LogP contribution >= 0.6 is 15.9 Å². The maximum Gasteiger partial charge on any atom is 0.225 e. The molecular formula is C20H20BrN5. The summed E-state index contributed by atoms with van der Waals surface area (Å²) < 4.78 is 0.989. The summed E-state index contributed by atoms with van der Waals surface area (Å²) in [5.41, 5.74) is 2.60. The number of para-hydroxylation sites is 1. The summed E-state index contributed by atoms with van der Waals surface area (Å²) in [5, 5.41) is 6.87. The van der Waals surface area contributed by atoms with Gasteiger partial charge in [0.25, 0.3) is 0 Å². The van der Waals surface area contributed by atoms with E-state index in [1.165, 1.54) is 25.7 Å². The lowest BCUT2D eigenvalue weighted by molar-refractivity contribution is 0.744. The van der Waals surface area contributed by atoms with E-state index in [2.05, 4.69) is 36.5 Å². The molecule has 1 aliphatic rings. The minimum absolute atomic E-state index is 0.449. The topological polar surface area (TPSA) is 62.7 Å². The number of rotatable bonds is 5. The lowest BCUT2D eigenvalue weighted by Gasteiger charge is -2.15. The van der Waals surface area contributed by atoms with E-state index in [-0.39, 0.29) is 0 Å². The number of benzene rings is 1. The van der Waals surface area contributed by atoms with Gasteiger partial charge in [-0.3, -0.25) is 4.98 Å².